The van der Waals surface area contributed by atoms with Crippen molar-refractivity contribution in [3.05, 3.63) is 98.5 Å². The second kappa shape index (κ2) is 8.45. The minimum Gasteiger partial charge on any atom is -0.322 e. The van der Waals surface area contributed by atoms with Crippen molar-refractivity contribution in [2.75, 3.05) is 10.6 Å². The Kier molecular flexibility index (Phi) is 5.81. The van der Waals surface area contributed by atoms with Gasteiger partial charge in [0.15, 0.2) is 0 Å². The SMILES string of the molecule is O=C(Nc1ccc(C(=O)Nc2ccc([N+](=O)[O-])cc2)cc1)c1ccc(Br)cc1. The third-order valence-electron chi connectivity index (χ3n) is 3.85. The van der Waals surface area contributed by atoms with Crippen LogP contribution in [-0.4, -0.2) is 16.7 Å². The molecule has 0 unspecified atom stereocenters. The first-order valence-corrected chi connectivity index (χ1v) is 8.94. The Balaban J connectivity index is 1.63. The quantitative estimate of drug-likeness (QED) is 0.437. The Morgan fingerprint density at radius 2 is 1.11 bits per heavy atom. The van der Waals surface area contributed by atoms with E-state index in [4.69, 9.17) is 0 Å². The van der Waals surface area contributed by atoms with Crippen molar-refractivity contribution in [3.8, 4) is 0 Å². The van der Waals surface area contributed by atoms with Crippen molar-refractivity contribution in [3.63, 3.8) is 0 Å². The molecule has 3 aromatic rings. The van der Waals surface area contributed by atoms with Gasteiger partial charge in [-0.25, -0.2) is 0 Å². The molecule has 28 heavy (non-hydrogen) atoms. The van der Waals surface area contributed by atoms with E-state index in [0.29, 0.717) is 22.5 Å². The zero-order valence-electron chi connectivity index (χ0n) is 14.4. The van der Waals surface area contributed by atoms with Gasteiger partial charge in [0, 0.05) is 39.1 Å². The molecule has 7 nitrogen and oxygen atoms in total. The van der Waals surface area contributed by atoms with E-state index in [2.05, 4.69) is 26.6 Å². The van der Waals surface area contributed by atoms with E-state index in [1.807, 2.05) is 0 Å². The lowest BCUT2D eigenvalue weighted by Gasteiger charge is -2.08. The minimum atomic E-state index is -0.507. The molecule has 0 saturated carbocycles. The Morgan fingerprint density at radius 3 is 1.54 bits per heavy atom. The van der Waals surface area contributed by atoms with Gasteiger partial charge in [0.2, 0.25) is 0 Å². The van der Waals surface area contributed by atoms with Gasteiger partial charge in [-0.05, 0) is 60.7 Å². The van der Waals surface area contributed by atoms with Crippen LogP contribution >= 0.6 is 15.9 Å². The summed E-state index contributed by atoms with van der Waals surface area (Å²) in [5.74, 6) is -0.616. The van der Waals surface area contributed by atoms with Gasteiger partial charge in [-0.3, -0.25) is 19.7 Å². The van der Waals surface area contributed by atoms with Gasteiger partial charge in [-0.1, -0.05) is 15.9 Å². The number of benzene rings is 3. The van der Waals surface area contributed by atoms with Crippen molar-refractivity contribution >= 4 is 44.8 Å². The number of rotatable bonds is 5. The highest BCUT2D eigenvalue weighted by Crippen LogP contribution is 2.18. The lowest BCUT2D eigenvalue weighted by atomic mass is 10.1. The number of carbonyl (C=O) groups excluding carboxylic acids is 2. The second-order valence-electron chi connectivity index (χ2n) is 5.80. The van der Waals surface area contributed by atoms with Crippen LogP contribution in [0.5, 0.6) is 0 Å². The van der Waals surface area contributed by atoms with Gasteiger partial charge >= 0.3 is 0 Å². The van der Waals surface area contributed by atoms with Crippen LogP contribution in [0.2, 0.25) is 0 Å². The maximum atomic E-state index is 12.3. The molecule has 0 aromatic heterocycles. The van der Waals surface area contributed by atoms with Crippen LogP contribution < -0.4 is 10.6 Å². The molecule has 0 fully saturated rings. The van der Waals surface area contributed by atoms with Gasteiger partial charge in [0.05, 0.1) is 4.92 Å². The number of nitrogens with zero attached hydrogens (tertiary/aromatic N) is 1. The monoisotopic (exact) mass is 439 g/mol. The Labute approximate surface area is 168 Å². The first-order valence-electron chi connectivity index (χ1n) is 8.15. The van der Waals surface area contributed by atoms with E-state index >= 15 is 0 Å². The average Bonchev–Trinajstić information content (AvgIpc) is 2.69. The van der Waals surface area contributed by atoms with E-state index in [1.165, 1.54) is 24.3 Å². The summed E-state index contributed by atoms with van der Waals surface area (Å²) in [7, 11) is 0. The van der Waals surface area contributed by atoms with E-state index in [0.717, 1.165) is 4.47 Å². The molecule has 2 amide bonds. The van der Waals surface area contributed by atoms with E-state index < -0.39 is 4.92 Å². The fourth-order valence-corrected chi connectivity index (χ4v) is 2.64. The summed E-state index contributed by atoms with van der Waals surface area (Å²) in [4.78, 5) is 34.6. The number of halogens is 1. The highest BCUT2D eigenvalue weighted by Gasteiger charge is 2.10. The van der Waals surface area contributed by atoms with Crippen molar-refractivity contribution in [1.29, 1.82) is 0 Å². The zero-order chi connectivity index (χ0) is 20.1. The highest BCUT2D eigenvalue weighted by molar-refractivity contribution is 9.10. The maximum Gasteiger partial charge on any atom is 0.269 e. The third-order valence-corrected chi connectivity index (χ3v) is 4.38. The summed E-state index contributed by atoms with van der Waals surface area (Å²) in [5.41, 5.74) is 1.86. The Morgan fingerprint density at radius 1 is 0.714 bits per heavy atom. The van der Waals surface area contributed by atoms with E-state index in [1.54, 1.807) is 48.5 Å². The van der Waals surface area contributed by atoms with Crippen LogP contribution in [0.25, 0.3) is 0 Å². The van der Waals surface area contributed by atoms with Crippen molar-refractivity contribution < 1.29 is 14.5 Å². The van der Waals surface area contributed by atoms with Crippen LogP contribution in [0, 0.1) is 10.1 Å². The number of nitro benzene ring substituents is 1. The van der Waals surface area contributed by atoms with E-state index in [-0.39, 0.29) is 17.5 Å². The Hall–Kier alpha value is -3.52. The summed E-state index contributed by atoms with van der Waals surface area (Å²) < 4.78 is 0.882. The van der Waals surface area contributed by atoms with Crippen LogP contribution in [0.1, 0.15) is 20.7 Å². The molecular weight excluding hydrogens is 426 g/mol. The molecule has 0 heterocycles. The lowest BCUT2D eigenvalue weighted by Crippen LogP contribution is -2.13. The summed E-state index contributed by atoms with van der Waals surface area (Å²) in [6.45, 7) is 0. The molecule has 0 spiro atoms. The van der Waals surface area contributed by atoms with Crippen molar-refractivity contribution in [1.82, 2.24) is 0 Å². The molecule has 3 aromatic carbocycles. The van der Waals surface area contributed by atoms with Crippen LogP contribution in [-0.2, 0) is 0 Å². The minimum absolute atomic E-state index is 0.0520. The summed E-state index contributed by atoms with van der Waals surface area (Å²) in [5, 5.41) is 16.1. The van der Waals surface area contributed by atoms with Crippen LogP contribution in [0.15, 0.2) is 77.3 Å². The molecule has 0 aliphatic heterocycles. The molecule has 140 valence electrons. The zero-order valence-corrected chi connectivity index (χ0v) is 16.0. The number of non-ortho nitro benzene ring substituents is 1. The Bertz CT molecular complexity index is 1020. The van der Waals surface area contributed by atoms with Crippen LogP contribution in [0.4, 0.5) is 17.1 Å². The normalized spacial score (nSPS) is 10.2. The summed E-state index contributed by atoms with van der Waals surface area (Å²) >= 11 is 3.32. The molecule has 0 atom stereocenters. The second-order valence-corrected chi connectivity index (χ2v) is 6.71. The summed E-state index contributed by atoms with van der Waals surface area (Å²) in [6.07, 6.45) is 0. The molecule has 0 radical (unpaired) electrons. The fraction of sp³-hybridized carbons (Fsp3) is 0. The van der Waals surface area contributed by atoms with E-state index in [9.17, 15) is 19.7 Å². The number of nitrogens with one attached hydrogen (secondary N) is 2. The molecule has 0 aliphatic carbocycles. The smallest absolute Gasteiger partial charge is 0.269 e. The first kappa shape index (κ1) is 19.2. The molecule has 2 N–H and O–H groups in total. The average molecular weight is 440 g/mol. The number of anilines is 2. The topological polar surface area (TPSA) is 101 Å². The number of hydrogen-bond acceptors (Lipinski definition) is 4. The number of amides is 2. The highest BCUT2D eigenvalue weighted by atomic mass is 79.9. The van der Waals surface area contributed by atoms with Gasteiger partial charge in [0.1, 0.15) is 0 Å². The fourth-order valence-electron chi connectivity index (χ4n) is 2.38. The molecule has 8 heteroatoms. The lowest BCUT2D eigenvalue weighted by molar-refractivity contribution is -0.384. The number of carbonyl (C=O) groups is 2. The van der Waals surface area contributed by atoms with Gasteiger partial charge in [-0.2, -0.15) is 0 Å². The third kappa shape index (κ3) is 4.80. The molecular formula is C20H14BrN3O4. The molecule has 0 saturated heterocycles. The van der Waals surface area contributed by atoms with Crippen molar-refractivity contribution in [2.45, 2.75) is 0 Å². The van der Waals surface area contributed by atoms with Crippen molar-refractivity contribution in [2.24, 2.45) is 0 Å². The predicted molar refractivity (Wildman–Crippen MR) is 110 cm³/mol. The van der Waals surface area contributed by atoms with Gasteiger partial charge in [-0.15, -0.1) is 0 Å². The molecule has 3 rings (SSSR count). The van der Waals surface area contributed by atoms with Gasteiger partial charge < -0.3 is 10.6 Å². The molecule has 0 aliphatic rings. The standard InChI is InChI=1S/C20H14BrN3O4/c21-15-5-1-13(2-6-15)19(25)22-16-7-3-14(4-8-16)20(26)23-17-9-11-18(12-10-17)24(27)28/h1-12H,(H,22,25)(H,23,26). The molecule has 0 bridgehead atoms. The first-order chi connectivity index (χ1) is 13.4. The summed E-state index contributed by atoms with van der Waals surface area (Å²) in [6, 6.07) is 18.9. The largest absolute Gasteiger partial charge is 0.322 e. The number of nitro groups is 1. The predicted octanol–water partition coefficient (Wildman–Crippen LogP) is 4.86. The maximum absolute atomic E-state index is 12.3. The van der Waals surface area contributed by atoms with Gasteiger partial charge in [0.25, 0.3) is 17.5 Å². The van der Waals surface area contributed by atoms with Crippen LogP contribution in [0.3, 0.4) is 0 Å². The number of hydrogen-bond donors (Lipinski definition) is 2.